The van der Waals surface area contributed by atoms with Crippen molar-refractivity contribution >= 4 is 21.8 Å². The van der Waals surface area contributed by atoms with Crippen molar-refractivity contribution in [3.63, 3.8) is 0 Å². The Bertz CT molecular complexity index is 2390. The standard InChI is InChI=1S/2C19H20N.2C7H8.2C4H10.CH4/c2*1-13-11-14(2)15(3)17(12-13)19-10-9-16-7-5-6-8-18(16)20(19)4;2*1-7-5-3-2-4-6-7;2*1-4(2)3;/h2*5-12H,1-4H3;2*2-6H,1H3;2*4H,1-3H3;1H4/q2*+1;;;;;. The van der Waals surface area contributed by atoms with Crippen molar-refractivity contribution < 1.29 is 9.13 Å². The Morgan fingerprint density at radius 2 is 0.619 bits per heavy atom. The highest BCUT2D eigenvalue weighted by molar-refractivity contribution is 5.79. The van der Waals surface area contributed by atoms with Crippen LogP contribution in [-0.4, -0.2) is 0 Å². The van der Waals surface area contributed by atoms with Crippen molar-refractivity contribution in [3.8, 4) is 22.5 Å². The van der Waals surface area contributed by atoms with E-state index < -0.39 is 0 Å². The van der Waals surface area contributed by atoms with Crippen LogP contribution in [0, 0.1) is 67.2 Å². The van der Waals surface area contributed by atoms with Crippen molar-refractivity contribution in [2.45, 2.75) is 104 Å². The zero-order valence-electron chi connectivity index (χ0n) is 41.1. The van der Waals surface area contributed by atoms with Crippen LogP contribution >= 0.6 is 0 Å². The molecule has 0 aliphatic rings. The monoisotopic (exact) mass is 841 g/mol. The fourth-order valence-corrected chi connectivity index (χ4v) is 6.91. The molecule has 0 aliphatic carbocycles. The van der Waals surface area contributed by atoms with Crippen LogP contribution in [0.25, 0.3) is 44.3 Å². The van der Waals surface area contributed by atoms with E-state index >= 15 is 0 Å². The zero-order chi connectivity index (χ0) is 45.9. The van der Waals surface area contributed by atoms with Crippen molar-refractivity contribution in [1.29, 1.82) is 0 Å². The molecule has 0 saturated carbocycles. The number of rotatable bonds is 2. The first-order valence-electron chi connectivity index (χ1n) is 22.4. The van der Waals surface area contributed by atoms with Gasteiger partial charge in [0.15, 0.2) is 0 Å². The minimum atomic E-state index is 0. The summed E-state index contributed by atoms with van der Waals surface area (Å²) in [6, 6.07) is 55.5. The quantitative estimate of drug-likeness (QED) is 0.153. The first-order chi connectivity index (χ1) is 29.4. The Balaban J connectivity index is 0.000000293. The van der Waals surface area contributed by atoms with Crippen LogP contribution in [0.1, 0.15) is 93.5 Å². The lowest BCUT2D eigenvalue weighted by Crippen LogP contribution is -2.32. The van der Waals surface area contributed by atoms with Gasteiger partial charge in [-0.3, -0.25) is 0 Å². The third kappa shape index (κ3) is 17.1. The van der Waals surface area contributed by atoms with Gasteiger partial charge >= 0.3 is 0 Å². The van der Waals surface area contributed by atoms with Crippen molar-refractivity contribution in [2.75, 3.05) is 0 Å². The van der Waals surface area contributed by atoms with Gasteiger partial charge in [-0.1, -0.05) is 168 Å². The van der Waals surface area contributed by atoms with Crippen molar-refractivity contribution in [1.82, 2.24) is 0 Å². The Morgan fingerprint density at radius 1 is 0.333 bits per heavy atom. The number of benzene rings is 6. The Hall–Kier alpha value is -5.86. The Morgan fingerprint density at radius 3 is 0.905 bits per heavy atom. The predicted molar refractivity (Wildman–Crippen MR) is 280 cm³/mol. The van der Waals surface area contributed by atoms with E-state index in [1.165, 1.54) is 88.8 Å². The summed E-state index contributed by atoms with van der Waals surface area (Å²) in [7, 11) is 4.30. The molecule has 0 unspecified atom stereocenters. The fourth-order valence-electron chi connectivity index (χ4n) is 6.91. The van der Waals surface area contributed by atoms with Crippen molar-refractivity contribution in [2.24, 2.45) is 25.9 Å². The van der Waals surface area contributed by atoms with E-state index in [1.807, 2.05) is 36.4 Å². The summed E-state index contributed by atoms with van der Waals surface area (Å²) in [6.07, 6.45) is 0. The summed E-state index contributed by atoms with van der Waals surface area (Å²) in [5.74, 6) is 1.67. The van der Waals surface area contributed by atoms with Gasteiger partial charge in [0.25, 0.3) is 0 Å². The minimum absolute atomic E-state index is 0. The molecule has 8 aromatic rings. The van der Waals surface area contributed by atoms with Gasteiger partial charge in [0.2, 0.25) is 22.4 Å². The third-order valence-electron chi connectivity index (χ3n) is 10.2. The summed E-state index contributed by atoms with van der Waals surface area (Å²) in [5, 5.41) is 2.56. The highest BCUT2D eigenvalue weighted by atomic mass is 14.9. The molecule has 0 atom stereocenters. The molecule has 2 heterocycles. The summed E-state index contributed by atoms with van der Waals surface area (Å²) in [4.78, 5) is 0. The molecule has 0 spiro atoms. The topological polar surface area (TPSA) is 7.76 Å². The number of hydrogen-bond acceptors (Lipinski definition) is 0. The average molecular weight is 841 g/mol. The van der Waals surface area contributed by atoms with Crippen molar-refractivity contribution in [3.05, 3.63) is 202 Å². The molecule has 0 bridgehead atoms. The first kappa shape index (κ1) is 53.3. The number of aromatic nitrogens is 2. The third-order valence-corrected chi connectivity index (χ3v) is 10.2. The molecule has 332 valence electrons. The summed E-state index contributed by atoms with van der Waals surface area (Å²) in [6.45, 7) is 30.3. The maximum Gasteiger partial charge on any atom is 0.213 e. The summed E-state index contributed by atoms with van der Waals surface area (Å²) >= 11 is 0. The van der Waals surface area contributed by atoms with Crippen LogP contribution in [0.3, 0.4) is 0 Å². The van der Waals surface area contributed by atoms with E-state index in [4.69, 9.17) is 0 Å². The molecular formula is C61H80N2+2. The van der Waals surface area contributed by atoms with Crippen LogP contribution in [0.2, 0.25) is 0 Å². The zero-order valence-corrected chi connectivity index (χ0v) is 41.1. The van der Waals surface area contributed by atoms with E-state index in [0.717, 1.165) is 11.8 Å². The molecule has 63 heavy (non-hydrogen) atoms. The molecule has 0 amide bonds. The number of fused-ring (bicyclic) bond motifs is 2. The SMILES string of the molecule is C.CC(C)C.CC(C)C.Cc1cc(C)c(C)c(-c2ccc3ccccc3[n+]2C)c1.Cc1cc(C)c(C)c(-c2ccc3ccccc3[n+]2C)c1.Cc1ccccc1.Cc1ccccc1. The molecule has 2 heteroatoms. The van der Waals surface area contributed by atoms with E-state index in [0.29, 0.717) is 0 Å². The summed E-state index contributed by atoms with van der Waals surface area (Å²) in [5.41, 5.74) is 18.4. The second-order valence-electron chi connectivity index (χ2n) is 18.0. The van der Waals surface area contributed by atoms with Gasteiger partial charge in [0.05, 0.1) is 0 Å². The fraction of sp³-hybridized carbons (Fsp3) is 0.311. The second-order valence-corrected chi connectivity index (χ2v) is 18.0. The largest absolute Gasteiger partial charge is 0.213 e. The maximum atomic E-state index is 2.29. The van der Waals surface area contributed by atoms with Gasteiger partial charge in [-0.2, -0.15) is 9.13 Å². The number of aryl methyl sites for hydroxylation is 8. The minimum Gasteiger partial charge on any atom is -0.194 e. The lowest BCUT2D eigenvalue weighted by Gasteiger charge is -2.10. The van der Waals surface area contributed by atoms with E-state index in [1.54, 1.807) is 0 Å². The van der Waals surface area contributed by atoms with Crippen LogP contribution in [0.4, 0.5) is 0 Å². The lowest BCUT2D eigenvalue weighted by atomic mass is 9.97. The molecule has 0 aliphatic heterocycles. The second kappa shape index (κ2) is 26.6. The van der Waals surface area contributed by atoms with E-state index in [9.17, 15) is 0 Å². The number of para-hydroxylation sites is 2. The van der Waals surface area contributed by atoms with Crippen LogP contribution < -0.4 is 9.13 Å². The van der Waals surface area contributed by atoms with Gasteiger partial charge in [0.1, 0.15) is 14.1 Å². The first-order valence-corrected chi connectivity index (χ1v) is 22.4. The lowest BCUT2D eigenvalue weighted by molar-refractivity contribution is -0.633. The smallest absolute Gasteiger partial charge is 0.194 e. The molecular weight excluding hydrogens is 761 g/mol. The van der Waals surface area contributed by atoms with Gasteiger partial charge in [-0.25, -0.2) is 0 Å². The van der Waals surface area contributed by atoms with Crippen LogP contribution in [0.5, 0.6) is 0 Å². The Kier molecular flexibility index (Phi) is 22.5. The molecule has 6 aromatic carbocycles. The van der Waals surface area contributed by atoms with Crippen LogP contribution in [-0.2, 0) is 14.1 Å². The van der Waals surface area contributed by atoms with Gasteiger partial charge in [-0.05, 0) is 126 Å². The molecule has 0 radical (unpaired) electrons. The van der Waals surface area contributed by atoms with E-state index in [-0.39, 0.29) is 7.43 Å². The molecule has 0 saturated heterocycles. The molecule has 8 rings (SSSR count). The molecule has 2 aromatic heterocycles. The highest BCUT2D eigenvalue weighted by Gasteiger charge is 2.18. The van der Waals surface area contributed by atoms with Gasteiger partial charge in [0, 0.05) is 46.2 Å². The van der Waals surface area contributed by atoms with Crippen LogP contribution in [0.15, 0.2) is 158 Å². The predicted octanol–water partition coefficient (Wildman–Crippen LogP) is 16.5. The summed E-state index contributed by atoms with van der Waals surface area (Å²) < 4.78 is 4.58. The highest BCUT2D eigenvalue weighted by Crippen LogP contribution is 2.27. The van der Waals surface area contributed by atoms with E-state index in [2.05, 4.69) is 241 Å². The molecule has 0 fully saturated rings. The normalized spacial score (nSPS) is 10.1. The van der Waals surface area contributed by atoms with Gasteiger partial charge in [-0.15, -0.1) is 0 Å². The average Bonchev–Trinajstić information content (AvgIpc) is 3.22. The Labute approximate surface area is 384 Å². The molecule has 0 N–H and O–H groups in total. The number of pyridine rings is 2. The molecule has 2 nitrogen and oxygen atoms in total. The maximum absolute atomic E-state index is 2.29. The number of nitrogens with zero attached hydrogens (tertiary/aromatic N) is 2. The van der Waals surface area contributed by atoms with Gasteiger partial charge < -0.3 is 0 Å². The number of hydrogen-bond donors (Lipinski definition) is 0.